The minimum atomic E-state index is -0.523. The second-order valence-corrected chi connectivity index (χ2v) is 6.73. The van der Waals surface area contributed by atoms with Crippen LogP contribution in [0.2, 0.25) is 0 Å². The summed E-state index contributed by atoms with van der Waals surface area (Å²) in [6, 6.07) is 3.91. The normalized spacial score (nSPS) is 11.7. The van der Waals surface area contributed by atoms with E-state index < -0.39 is 5.60 Å². The van der Waals surface area contributed by atoms with Gasteiger partial charge in [-0.3, -0.25) is 4.57 Å². The zero-order valence-electron chi connectivity index (χ0n) is 13.7. The number of fused-ring (bicyclic) bond motifs is 1. The monoisotopic (exact) mass is 367 g/mol. The second-order valence-electron chi connectivity index (χ2n) is 6.17. The molecule has 0 aliphatic heterocycles. The van der Waals surface area contributed by atoms with Crippen molar-refractivity contribution in [2.45, 2.75) is 45.5 Å². The average Bonchev–Trinajstić information content (AvgIpc) is 2.83. The lowest BCUT2D eigenvalue weighted by atomic mass is 10.1. The van der Waals surface area contributed by atoms with E-state index in [4.69, 9.17) is 9.47 Å². The van der Waals surface area contributed by atoms with E-state index in [0.717, 1.165) is 27.8 Å². The summed E-state index contributed by atoms with van der Waals surface area (Å²) >= 11 is 3.51. The Hall–Kier alpha value is -1.49. The average molecular weight is 368 g/mol. The number of carbonyl (C=O) groups is 1. The molecule has 0 N–H and O–H groups in total. The van der Waals surface area contributed by atoms with Crippen LogP contribution in [0.3, 0.4) is 0 Å². The first-order valence-electron chi connectivity index (χ1n) is 7.34. The van der Waals surface area contributed by atoms with Crippen LogP contribution in [-0.4, -0.2) is 22.9 Å². The van der Waals surface area contributed by atoms with Gasteiger partial charge in [-0.15, -0.1) is 0 Å². The molecule has 0 aliphatic rings. The quantitative estimate of drug-likeness (QED) is 0.714. The van der Waals surface area contributed by atoms with Crippen molar-refractivity contribution in [1.82, 2.24) is 4.57 Å². The largest absolute Gasteiger partial charge is 0.494 e. The molecule has 4 nitrogen and oxygen atoms in total. The van der Waals surface area contributed by atoms with E-state index in [-0.39, 0.29) is 6.09 Å². The van der Waals surface area contributed by atoms with E-state index in [0.29, 0.717) is 11.9 Å². The number of aryl methyl sites for hydroxylation is 1. The molecule has 2 rings (SSSR count). The Bertz CT molecular complexity index is 698. The van der Waals surface area contributed by atoms with Gasteiger partial charge >= 0.3 is 6.09 Å². The van der Waals surface area contributed by atoms with Crippen LogP contribution in [0.4, 0.5) is 4.79 Å². The number of alkyl halides is 1. The number of ether oxygens (including phenoxy) is 2. The fourth-order valence-electron chi connectivity index (χ4n) is 2.45. The van der Waals surface area contributed by atoms with Crippen molar-refractivity contribution >= 4 is 32.9 Å². The highest BCUT2D eigenvalue weighted by Crippen LogP contribution is 2.34. The Morgan fingerprint density at radius 1 is 1.36 bits per heavy atom. The Labute approximate surface area is 139 Å². The molecule has 1 aromatic heterocycles. The Morgan fingerprint density at radius 3 is 2.59 bits per heavy atom. The van der Waals surface area contributed by atoms with Crippen molar-refractivity contribution < 1.29 is 14.3 Å². The first-order chi connectivity index (χ1) is 10.3. The Morgan fingerprint density at radius 2 is 2.05 bits per heavy atom. The van der Waals surface area contributed by atoms with Gasteiger partial charge in [-0.2, -0.15) is 0 Å². The van der Waals surface area contributed by atoms with Crippen LogP contribution < -0.4 is 4.74 Å². The molecule has 2 aromatic rings. The van der Waals surface area contributed by atoms with Crippen molar-refractivity contribution in [3.8, 4) is 5.75 Å². The van der Waals surface area contributed by atoms with E-state index >= 15 is 0 Å². The highest BCUT2D eigenvalue weighted by Gasteiger charge is 2.21. The molecule has 120 valence electrons. The molecular weight excluding hydrogens is 346 g/mol. The van der Waals surface area contributed by atoms with Gasteiger partial charge in [-0.05, 0) is 52.3 Å². The lowest BCUT2D eigenvalue weighted by Gasteiger charge is -2.20. The van der Waals surface area contributed by atoms with Gasteiger partial charge in [0.15, 0.2) is 0 Å². The molecule has 0 unspecified atom stereocenters. The van der Waals surface area contributed by atoms with Crippen LogP contribution in [0.5, 0.6) is 5.75 Å². The number of hydrogen-bond donors (Lipinski definition) is 0. The highest BCUT2D eigenvalue weighted by molar-refractivity contribution is 9.08. The van der Waals surface area contributed by atoms with Crippen LogP contribution in [-0.2, 0) is 10.1 Å². The van der Waals surface area contributed by atoms with Gasteiger partial charge < -0.3 is 9.47 Å². The van der Waals surface area contributed by atoms with Crippen LogP contribution in [0, 0.1) is 6.92 Å². The van der Waals surface area contributed by atoms with E-state index in [1.165, 1.54) is 0 Å². The lowest BCUT2D eigenvalue weighted by molar-refractivity contribution is 0.0544. The van der Waals surface area contributed by atoms with E-state index in [9.17, 15) is 4.79 Å². The topological polar surface area (TPSA) is 40.5 Å². The molecule has 0 spiro atoms. The van der Waals surface area contributed by atoms with Crippen molar-refractivity contribution in [1.29, 1.82) is 0 Å². The van der Waals surface area contributed by atoms with Crippen LogP contribution in [0.25, 0.3) is 10.9 Å². The first kappa shape index (κ1) is 16.9. The SMILES string of the molecule is CCOc1cc(C)c2c(ccn2C(=O)OC(C)(C)C)c1CBr. The molecule has 22 heavy (non-hydrogen) atoms. The molecule has 1 heterocycles. The van der Waals surface area contributed by atoms with Crippen LogP contribution >= 0.6 is 15.9 Å². The standard InChI is InChI=1S/C17H22BrNO3/c1-6-21-14-9-11(2)15-12(13(14)10-18)7-8-19(15)16(20)22-17(3,4)5/h7-9H,6,10H2,1-5H3. The van der Waals surface area contributed by atoms with E-state index in [2.05, 4.69) is 15.9 Å². The minimum Gasteiger partial charge on any atom is -0.494 e. The van der Waals surface area contributed by atoms with Gasteiger partial charge in [0, 0.05) is 22.5 Å². The van der Waals surface area contributed by atoms with Crippen LogP contribution in [0.15, 0.2) is 18.3 Å². The maximum Gasteiger partial charge on any atom is 0.419 e. The van der Waals surface area contributed by atoms with Gasteiger partial charge in [0.2, 0.25) is 0 Å². The van der Waals surface area contributed by atoms with Gasteiger partial charge in [0.25, 0.3) is 0 Å². The predicted octanol–water partition coefficient (Wildman–Crippen LogP) is 5.03. The van der Waals surface area contributed by atoms with Crippen molar-refractivity contribution in [2.75, 3.05) is 6.61 Å². The summed E-state index contributed by atoms with van der Waals surface area (Å²) in [6.07, 6.45) is 1.39. The van der Waals surface area contributed by atoms with Gasteiger partial charge in [0.05, 0.1) is 12.1 Å². The third-order valence-corrected chi connectivity index (χ3v) is 3.81. The Balaban J connectivity index is 2.59. The summed E-state index contributed by atoms with van der Waals surface area (Å²) in [5.41, 5.74) is 2.38. The molecule has 5 heteroatoms. The number of halogens is 1. The number of benzene rings is 1. The fraction of sp³-hybridized carbons (Fsp3) is 0.471. The third kappa shape index (κ3) is 3.29. The zero-order chi connectivity index (χ0) is 16.5. The smallest absolute Gasteiger partial charge is 0.419 e. The highest BCUT2D eigenvalue weighted by atomic mass is 79.9. The Kier molecular flexibility index (Phi) is 4.85. The number of hydrogen-bond acceptors (Lipinski definition) is 3. The predicted molar refractivity (Wildman–Crippen MR) is 92.1 cm³/mol. The van der Waals surface area contributed by atoms with Crippen molar-refractivity contribution in [3.63, 3.8) is 0 Å². The third-order valence-electron chi connectivity index (χ3n) is 3.25. The molecule has 0 fully saturated rings. The second kappa shape index (κ2) is 6.32. The fourth-order valence-corrected chi connectivity index (χ4v) is 3.03. The molecule has 1 aromatic carbocycles. The van der Waals surface area contributed by atoms with Crippen molar-refractivity contribution in [2.24, 2.45) is 0 Å². The molecular formula is C17H22BrNO3. The van der Waals surface area contributed by atoms with Crippen molar-refractivity contribution in [3.05, 3.63) is 29.5 Å². The maximum atomic E-state index is 12.4. The molecule has 0 aliphatic carbocycles. The minimum absolute atomic E-state index is 0.365. The summed E-state index contributed by atoms with van der Waals surface area (Å²) in [4.78, 5) is 12.4. The zero-order valence-corrected chi connectivity index (χ0v) is 15.3. The maximum absolute atomic E-state index is 12.4. The molecule has 0 saturated carbocycles. The number of carbonyl (C=O) groups excluding carboxylic acids is 1. The summed E-state index contributed by atoms with van der Waals surface area (Å²) in [7, 11) is 0. The molecule has 0 amide bonds. The van der Waals surface area contributed by atoms with E-state index in [1.807, 2.05) is 46.8 Å². The number of rotatable bonds is 3. The lowest BCUT2D eigenvalue weighted by Crippen LogP contribution is -2.26. The number of nitrogens with zero attached hydrogens (tertiary/aromatic N) is 1. The van der Waals surface area contributed by atoms with Gasteiger partial charge in [-0.25, -0.2) is 4.79 Å². The molecule has 0 radical (unpaired) electrons. The van der Waals surface area contributed by atoms with Gasteiger partial charge in [0.1, 0.15) is 11.4 Å². The van der Waals surface area contributed by atoms with Gasteiger partial charge in [-0.1, -0.05) is 15.9 Å². The van der Waals surface area contributed by atoms with Crippen LogP contribution in [0.1, 0.15) is 38.8 Å². The first-order valence-corrected chi connectivity index (χ1v) is 8.46. The summed E-state index contributed by atoms with van der Waals surface area (Å²) in [5.74, 6) is 0.853. The summed E-state index contributed by atoms with van der Waals surface area (Å²) in [6.45, 7) is 10.1. The summed E-state index contributed by atoms with van der Waals surface area (Å²) < 4.78 is 12.8. The molecule has 0 bridgehead atoms. The summed E-state index contributed by atoms with van der Waals surface area (Å²) in [5, 5.41) is 1.67. The number of aromatic nitrogens is 1. The van der Waals surface area contributed by atoms with E-state index in [1.54, 1.807) is 10.8 Å². The molecule has 0 saturated heterocycles. The molecule has 0 atom stereocenters.